The number of thioether (sulfide) groups is 1. The van der Waals surface area contributed by atoms with Crippen LogP contribution in [0.3, 0.4) is 0 Å². The van der Waals surface area contributed by atoms with Crippen LogP contribution in [0.5, 0.6) is 5.75 Å². The second-order valence-corrected chi connectivity index (χ2v) is 7.74. The van der Waals surface area contributed by atoms with Crippen molar-refractivity contribution in [3.8, 4) is 5.75 Å². The molecule has 0 radical (unpaired) electrons. The third-order valence-electron chi connectivity index (χ3n) is 4.18. The van der Waals surface area contributed by atoms with Gasteiger partial charge < -0.3 is 14.6 Å². The number of aryl methyl sites for hydroxylation is 1. The molecule has 0 spiro atoms. The number of ether oxygens (including phenoxy) is 1. The number of anilines is 1. The number of para-hydroxylation sites is 1. The van der Waals surface area contributed by atoms with Gasteiger partial charge in [-0.25, -0.2) is 4.39 Å². The lowest BCUT2D eigenvalue weighted by Gasteiger charge is -2.15. The van der Waals surface area contributed by atoms with Gasteiger partial charge in [-0.2, -0.15) is 0 Å². The normalized spacial score (nSPS) is 11.9. The predicted octanol–water partition coefficient (Wildman–Crippen LogP) is 4.79. The Morgan fingerprint density at radius 1 is 1.31 bits per heavy atom. The van der Waals surface area contributed by atoms with Crippen molar-refractivity contribution in [2.24, 2.45) is 7.05 Å². The summed E-state index contributed by atoms with van der Waals surface area (Å²) in [4.78, 5) is 12.2. The van der Waals surface area contributed by atoms with E-state index >= 15 is 0 Å². The molecule has 0 aliphatic heterocycles. The molecule has 1 atom stereocenters. The summed E-state index contributed by atoms with van der Waals surface area (Å²) < 4.78 is 21.0. The summed E-state index contributed by atoms with van der Waals surface area (Å²) in [5.41, 5.74) is 1.24. The Balaban J connectivity index is 1.61. The number of amides is 1. The van der Waals surface area contributed by atoms with Crippen LogP contribution in [0.2, 0.25) is 5.02 Å². The Kier molecular flexibility index (Phi) is 6.76. The first kappa shape index (κ1) is 21.1. The lowest BCUT2D eigenvalue weighted by molar-refractivity contribution is -0.113. The van der Waals surface area contributed by atoms with E-state index in [1.165, 1.54) is 23.9 Å². The van der Waals surface area contributed by atoms with E-state index in [0.29, 0.717) is 27.4 Å². The Bertz CT molecular complexity index is 1030. The second-order valence-electron chi connectivity index (χ2n) is 6.39. The van der Waals surface area contributed by atoms with Crippen molar-refractivity contribution in [1.29, 1.82) is 0 Å². The van der Waals surface area contributed by atoms with Crippen LogP contribution in [-0.4, -0.2) is 26.4 Å². The molecular weight excluding hydrogens is 415 g/mol. The molecule has 0 saturated heterocycles. The van der Waals surface area contributed by atoms with Crippen LogP contribution >= 0.6 is 23.4 Å². The van der Waals surface area contributed by atoms with Gasteiger partial charge in [0.2, 0.25) is 5.91 Å². The Morgan fingerprint density at radius 2 is 2.07 bits per heavy atom. The van der Waals surface area contributed by atoms with Gasteiger partial charge in [0, 0.05) is 12.7 Å². The maximum atomic E-state index is 13.4. The number of carbonyl (C=O) groups excluding carboxylic acids is 1. The molecule has 152 valence electrons. The van der Waals surface area contributed by atoms with Crippen LogP contribution in [0.15, 0.2) is 47.6 Å². The standard InChI is InChI=1S/C20H20ClFN4O2S/c1-12-8-9-14(22)10-16(12)23-18(27)11-29-20-25-24-19(26(20)3)13(2)28-17-7-5-4-6-15(17)21/h4-10,13H,11H2,1-3H3,(H,23,27)/t13-/m0/s1. The third-order valence-corrected chi connectivity index (χ3v) is 5.51. The monoisotopic (exact) mass is 434 g/mol. The van der Waals surface area contributed by atoms with Gasteiger partial charge in [0.25, 0.3) is 0 Å². The van der Waals surface area contributed by atoms with Crippen LogP contribution in [0.4, 0.5) is 10.1 Å². The van der Waals surface area contributed by atoms with Crippen molar-refractivity contribution >= 4 is 35.0 Å². The van der Waals surface area contributed by atoms with E-state index in [4.69, 9.17) is 16.3 Å². The molecule has 1 N–H and O–H groups in total. The molecule has 1 amide bonds. The van der Waals surface area contributed by atoms with Crippen molar-refractivity contribution in [1.82, 2.24) is 14.8 Å². The fourth-order valence-corrected chi connectivity index (χ4v) is 3.53. The molecule has 0 aliphatic carbocycles. The number of aromatic nitrogens is 3. The SMILES string of the molecule is Cc1ccc(F)cc1NC(=O)CSc1nnc([C@H](C)Oc2ccccc2Cl)n1C. The molecule has 0 saturated carbocycles. The first-order valence-corrected chi connectivity index (χ1v) is 10.2. The number of rotatable bonds is 7. The van der Waals surface area contributed by atoms with E-state index in [0.717, 1.165) is 5.56 Å². The molecule has 0 bridgehead atoms. The van der Waals surface area contributed by atoms with E-state index in [9.17, 15) is 9.18 Å². The number of nitrogens with zero attached hydrogens (tertiary/aromatic N) is 3. The quantitative estimate of drug-likeness (QED) is 0.541. The van der Waals surface area contributed by atoms with Gasteiger partial charge in [-0.05, 0) is 43.7 Å². The summed E-state index contributed by atoms with van der Waals surface area (Å²) in [6.45, 7) is 3.65. The average Bonchev–Trinajstić information content (AvgIpc) is 3.05. The summed E-state index contributed by atoms with van der Waals surface area (Å²) in [5.74, 6) is 0.622. The Morgan fingerprint density at radius 3 is 2.83 bits per heavy atom. The smallest absolute Gasteiger partial charge is 0.234 e. The van der Waals surface area contributed by atoms with E-state index in [1.807, 2.05) is 19.1 Å². The van der Waals surface area contributed by atoms with Gasteiger partial charge in [0.05, 0.1) is 10.8 Å². The molecule has 0 unspecified atom stereocenters. The summed E-state index contributed by atoms with van der Waals surface area (Å²) in [7, 11) is 1.80. The number of carbonyl (C=O) groups is 1. The molecule has 1 aromatic heterocycles. The minimum absolute atomic E-state index is 0.113. The Hall–Kier alpha value is -2.58. The highest BCUT2D eigenvalue weighted by Gasteiger charge is 2.19. The highest BCUT2D eigenvalue weighted by Crippen LogP contribution is 2.29. The first-order valence-electron chi connectivity index (χ1n) is 8.84. The third kappa shape index (κ3) is 5.27. The van der Waals surface area contributed by atoms with Crippen LogP contribution in [-0.2, 0) is 11.8 Å². The van der Waals surface area contributed by atoms with E-state index in [1.54, 1.807) is 36.7 Å². The second kappa shape index (κ2) is 9.28. The molecule has 0 aliphatic rings. The Labute approximate surface area is 177 Å². The van der Waals surface area contributed by atoms with E-state index < -0.39 is 5.82 Å². The van der Waals surface area contributed by atoms with Gasteiger partial charge in [-0.15, -0.1) is 10.2 Å². The predicted molar refractivity (Wildman–Crippen MR) is 112 cm³/mol. The summed E-state index contributed by atoms with van der Waals surface area (Å²) in [6.07, 6.45) is -0.384. The molecule has 9 heteroatoms. The number of halogens is 2. The summed E-state index contributed by atoms with van der Waals surface area (Å²) in [6, 6.07) is 11.5. The summed E-state index contributed by atoms with van der Waals surface area (Å²) in [5, 5.41) is 12.1. The average molecular weight is 435 g/mol. The maximum Gasteiger partial charge on any atom is 0.234 e. The lowest BCUT2D eigenvalue weighted by atomic mass is 10.2. The fraction of sp³-hybridized carbons (Fsp3) is 0.250. The van der Waals surface area contributed by atoms with E-state index in [2.05, 4.69) is 15.5 Å². The minimum Gasteiger partial charge on any atom is -0.481 e. The fourth-order valence-electron chi connectivity index (χ4n) is 2.63. The zero-order valence-electron chi connectivity index (χ0n) is 16.1. The van der Waals surface area contributed by atoms with Crippen LogP contribution in [0, 0.1) is 12.7 Å². The van der Waals surface area contributed by atoms with Gasteiger partial charge in [-0.3, -0.25) is 4.79 Å². The largest absolute Gasteiger partial charge is 0.481 e. The molecule has 1 heterocycles. The number of nitrogens with one attached hydrogen (secondary N) is 1. The van der Waals surface area contributed by atoms with Crippen LogP contribution < -0.4 is 10.1 Å². The van der Waals surface area contributed by atoms with Crippen molar-refractivity contribution in [2.45, 2.75) is 25.1 Å². The highest BCUT2D eigenvalue weighted by atomic mass is 35.5. The maximum absolute atomic E-state index is 13.4. The van der Waals surface area contributed by atoms with Gasteiger partial charge in [-0.1, -0.05) is 41.6 Å². The van der Waals surface area contributed by atoms with Gasteiger partial charge >= 0.3 is 0 Å². The number of hydrogen-bond acceptors (Lipinski definition) is 5. The molecule has 0 fully saturated rings. The van der Waals surface area contributed by atoms with Crippen molar-refractivity contribution < 1.29 is 13.9 Å². The zero-order chi connectivity index (χ0) is 21.0. The topological polar surface area (TPSA) is 69.0 Å². The molecule has 29 heavy (non-hydrogen) atoms. The van der Waals surface area contributed by atoms with Crippen LogP contribution in [0.1, 0.15) is 24.4 Å². The zero-order valence-corrected chi connectivity index (χ0v) is 17.7. The summed E-state index contributed by atoms with van der Waals surface area (Å²) >= 11 is 7.37. The van der Waals surface area contributed by atoms with Gasteiger partial charge in [0.1, 0.15) is 11.6 Å². The van der Waals surface area contributed by atoms with E-state index in [-0.39, 0.29) is 17.8 Å². The molecule has 6 nitrogen and oxygen atoms in total. The van der Waals surface area contributed by atoms with Gasteiger partial charge in [0.15, 0.2) is 17.1 Å². The molecule has 2 aromatic carbocycles. The molecule has 3 aromatic rings. The van der Waals surface area contributed by atoms with Crippen molar-refractivity contribution in [2.75, 3.05) is 11.1 Å². The lowest BCUT2D eigenvalue weighted by Crippen LogP contribution is -2.15. The molecule has 3 rings (SSSR count). The highest BCUT2D eigenvalue weighted by molar-refractivity contribution is 7.99. The number of hydrogen-bond donors (Lipinski definition) is 1. The number of benzene rings is 2. The molecular formula is C20H20ClFN4O2S. The first-order chi connectivity index (χ1) is 13.8. The van der Waals surface area contributed by atoms with Crippen LogP contribution in [0.25, 0.3) is 0 Å². The van der Waals surface area contributed by atoms with Crippen molar-refractivity contribution in [3.63, 3.8) is 0 Å². The minimum atomic E-state index is -0.399. The van der Waals surface area contributed by atoms with Crippen molar-refractivity contribution in [3.05, 3.63) is 64.7 Å².